The van der Waals surface area contributed by atoms with Crippen molar-refractivity contribution in [1.82, 2.24) is 4.98 Å². The lowest BCUT2D eigenvalue weighted by Gasteiger charge is -2.05. The van der Waals surface area contributed by atoms with E-state index < -0.39 is 12.0 Å². The molecule has 72 valence electrons. The van der Waals surface area contributed by atoms with Gasteiger partial charge in [-0.25, -0.2) is 4.98 Å². The van der Waals surface area contributed by atoms with Crippen molar-refractivity contribution in [2.45, 2.75) is 6.04 Å². The van der Waals surface area contributed by atoms with Crippen LogP contribution in [0.25, 0.3) is 10.2 Å². The lowest BCUT2D eigenvalue weighted by Crippen LogP contribution is -2.20. The Bertz CT molecular complexity index is 480. The molecule has 1 aromatic carbocycles. The molecule has 1 heterocycles. The third kappa shape index (κ3) is 1.47. The summed E-state index contributed by atoms with van der Waals surface area (Å²) in [5.41, 5.74) is 8.68. The molecule has 0 amide bonds. The molecule has 1 unspecified atom stereocenters. The molecule has 2 rings (SSSR count). The van der Waals surface area contributed by atoms with Gasteiger partial charge in [-0.15, -0.1) is 11.3 Å². The molecule has 0 fully saturated rings. The Labute approximate surface area is 84.0 Å². The lowest BCUT2D eigenvalue weighted by molar-refractivity contribution is -0.138. The number of carboxylic acid groups (broad SMARTS) is 1. The highest BCUT2D eigenvalue weighted by molar-refractivity contribution is 7.16. The molecular weight excluding hydrogens is 200 g/mol. The summed E-state index contributed by atoms with van der Waals surface area (Å²) in [4.78, 5) is 14.7. The number of benzene rings is 1. The van der Waals surface area contributed by atoms with Crippen LogP contribution in [0.3, 0.4) is 0 Å². The van der Waals surface area contributed by atoms with E-state index in [1.807, 2.05) is 0 Å². The van der Waals surface area contributed by atoms with Crippen LogP contribution >= 0.6 is 11.3 Å². The van der Waals surface area contributed by atoms with Crippen LogP contribution in [0.2, 0.25) is 0 Å². The van der Waals surface area contributed by atoms with Crippen molar-refractivity contribution in [3.8, 4) is 0 Å². The number of carbonyl (C=O) groups is 1. The molecule has 2 aromatic rings. The average molecular weight is 208 g/mol. The molecule has 0 spiro atoms. The fourth-order valence-electron chi connectivity index (χ4n) is 1.21. The number of aliphatic carboxylic acids is 1. The summed E-state index contributed by atoms with van der Waals surface area (Å²) in [6.07, 6.45) is 0. The Morgan fingerprint density at radius 1 is 1.57 bits per heavy atom. The predicted molar refractivity (Wildman–Crippen MR) is 54.2 cm³/mol. The van der Waals surface area contributed by atoms with Gasteiger partial charge in [0.1, 0.15) is 6.04 Å². The number of thiazole rings is 1. The first-order chi connectivity index (χ1) is 6.68. The predicted octanol–water partition coefficient (Wildman–Crippen LogP) is 1.38. The Kier molecular flexibility index (Phi) is 2.18. The van der Waals surface area contributed by atoms with Gasteiger partial charge in [0.2, 0.25) is 0 Å². The molecule has 0 aliphatic rings. The van der Waals surface area contributed by atoms with Crippen molar-refractivity contribution in [3.63, 3.8) is 0 Å². The van der Waals surface area contributed by atoms with Gasteiger partial charge in [0, 0.05) is 0 Å². The summed E-state index contributed by atoms with van der Waals surface area (Å²) >= 11 is 1.47. The Morgan fingerprint density at radius 2 is 2.36 bits per heavy atom. The van der Waals surface area contributed by atoms with Gasteiger partial charge in [0.15, 0.2) is 0 Å². The highest BCUT2D eigenvalue weighted by Gasteiger charge is 2.14. The number of hydrogen-bond donors (Lipinski definition) is 2. The second kappa shape index (κ2) is 3.36. The Balaban J connectivity index is 2.48. The van der Waals surface area contributed by atoms with Gasteiger partial charge in [-0.1, -0.05) is 6.07 Å². The zero-order valence-corrected chi connectivity index (χ0v) is 7.99. The minimum Gasteiger partial charge on any atom is -0.480 e. The number of nitrogens with two attached hydrogens (primary N) is 1. The van der Waals surface area contributed by atoms with Gasteiger partial charge in [0.05, 0.1) is 15.7 Å². The van der Waals surface area contributed by atoms with Crippen molar-refractivity contribution < 1.29 is 9.90 Å². The third-order valence-electron chi connectivity index (χ3n) is 1.98. The fourth-order valence-corrected chi connectivity index (χ4v) is 1.93. The molecule has 3 N–H and O–H groups in total. The van der Waals surface area contributed by atoms with Crippen LogP contribution in [0, 0.1) is 0 Å². The number of carboxylic acids is 1. The van der Waals surface area contributed by atoms with Crippen LogP contribution in [0.5, 0.6) is 0 Å². The minimum atomic E-state index is -1.02. The lowest BCUT2D eigenvalue weighted by atomic mass is 10.1. The van der Waals surface area contributed by atoms with E-state index in [0.717, 1.165) is 10.2 Å². The number of hydrogen-bond acceptors (Lipinski definition) is 4. The van der Waals surface area contributed by atoms with E-state index in [4.69, 9.17) is 10.8 Å². The van der Waals surface area contributed by atoms with Crippen LogP contribution in [-0.4, -0.2) is 16.1 Å². The molecule has 0 bridgehead atoms. The highest BCUT2D eigenvalue weighted by Crippen LogP contribution is 2.21. The van der Waals surface area contributed by atoms with E-state index in [0.29, 0.717) is 5.56 Å². The Morgan fingerprint density at radius 3 is 3.07 bits per heavy atom. The first-order valence-electron chi connectivity index (χ1n) is 4.00. The molecule has 1 atom stereocenters. The van der Waals surface area contributed by atoms with Crippen LogP contribution in [-0.2, 0) is 4.79 Å². The van der Waals surface area contributed by atoms with Crippen molar-refractivity contribution in [2.75, 3.05) is 0 Å². The molecule has 4 nitrogen and oxygen atoms in total. The summed E-state index contributed by atoms with van der Waals surface area (Å²) in [6, 6.07) is 4.29. The maximum Gasteiger partial charge on any atom is 0.325 e. The quantitative estimate of drug-likeness (QED) is 0.781. The van der Waals surface area contributed by atoms with Crippen LogP contribution in [0.15, 0.2) is 23.7 Å². The molecule has 0 radical (unpaired) electrons. The van der Waals surface area contributed by atoms with Crippen molar-refractivity contribution in [3.05, 3.63) is 29.3 Å². The number of nitrogens with zero attached hydrogens (tertiary/aromatic N) is 1. The molecule has 0 aliphatic carbocycles. The molecular formula is C9H8N2O2S. The van der Waals surface area contributed by atoms with E-state index >= 15 is 0 Å². The average Bonchev–Trinajstić information content (AvgIpc) is 2.62. The van der Waals surface area contributed by atoms with E-state index in [-0.39, 0.29) is 0 Å². The first kappa shape index (κ1) is 9.11. The van der Waals surface area contributed by atoms with Gasteiger partial charge in [-0.2, -0.15) is 0 Å². The zero-order valence-electron chi connectivity index (χ0n) is 7.18. The van der Waals surface area contributed by atoms with Crippen molar-refractivity contribution in [1.29, 1.82) is 0 Å². The summed E-state index contributed by atoms with van der Waals surface area (Å²) in [5.74, 6) is -1.02. The molecule has 5 heteroatoms. The molecule has 0 saturated carbocycles. The normalized spacial score (nSPS) is 12.9. The second-order valence-electron chi connectivity index (χ2n) is 2.90. The zero-order chi connectivity index (χ0) is 10.1. The molecule has 1 aromatic heterocycles. The standard InChI is InChI=1S/C9H8N2O2S/c10-8(9(12)13)5-1-2-6-7(3-5)14-4-11-6/h1-4,8H,10H2,(H,12,13). The minimum absolute atomic E-state index is 0.606. The fraction of sp³-hybridized carbons (Fsp3) is 0.111. The van der Waals surface area contributed by atoms with Crippen LogP contribution in [0.4, 0.5) is 0 Å². The first-order valence-corrected chi connectivity index (χ1v) is 4.88. The summed E-state index contributed by atoms with van der Waals surface area (Å²) in [6.45, 7) is 0. The topological polar surface area (TPSA) is 76.2 Å². The van der Waals surface area contributed by atoms with E-state index in [1.165, 1.54) is 11.3 Å². The summed E-state index contributed by atoms with van der Waals surface area (Å²) in [7, 11) is 0. The van der Waals surface area contributed by atoms with Gasteiger partial charge in [-0.3, -0.25) is 4.79 Å². The van der Waals surface area contributed by atoms with E-state index in [1.54, 1.807) is 23.7 Å². The summed E-state index contributed by atoms with van der Waals surface area (Å²) < 4.78 is 0.958. The Hall–Kier alpha value is -1.46. The van der Waals surface area contributed by atoms with Gasteiger partial charge >= 0.3 is 5.97 Å². The van der Waals surface area contributed by atoms with Crippen LogP contribution in [0.1, 0.15) is 11.6 Å². The number of aromatic nitrogens is 1. The van der Waals surface area contributed by atoms with Crippen LogP contribution < -0.4 is 5.73 Å². The van der Waals surface area contributed by atoms with E-state index in [9.17, 15) is 4.79 Å². The van der Waals surface area contributed by atoms with Gasteiger partial charge in [-0.05, 0) is 17.7 Å². The van der Waals surface area contributed by atoms with E-state index in [2.05, 4.69) is 4.98 Å². The third-order valence-corrected chi connectivity index (χ3v) is 2.77. The second-order valence-corrected chi connectivity index (χ2v) is 3.78. The maximum absolute atomic E-state index is 10.6. The number of rotatable bonds is 2. The smallest absolute Gasteiger partial charge is 0.325 e. The molecule has 14 heavy (non-hydrogen) atoms. The highest BCUT2D eigenvalue weighted by atomic mass is 32.1. The molecule has 0 aliphatic heterocycles. The van der Waals surface area contributed by atoms with Crippen molar-refractivity contribution in [2.24, 2.45) is 5.73 Å². The largest absolute Gasteiger partial charge is 0.480 e. The SMILES string of the molecule is NC(C(=O)O)c1ccc2ncsc2c1. The molecule has 0 saturated heterocycles. The van der Waals surface area contributed by atoms with Gasteiger partial charge in [0.25, 0.3) is 0 Å². The van der Waals surface area contributed by atoms with Crippen molar-refractivity contribution >= 4 is 27.5 Å². The van der Waals surface area contributed by atoms with Gasteiger partial charge < -0.3 is 10.8 Å². The number of fused-ring (bicyclic) bond motifs is 1. The maximum atomic E-state index is 10.6. The monoisotopic (exact) mass is 208 g/mol. The summed E-state index contributed by atoms with van der Waals surface area (Å²) in [5, 5.41) is 8.72.